The van der Waals surface area contributed by atoms with Gasteiger partial charge < -0.3 is 19.5 Å². The smallest absolute Gasteiger partial charge is 0.273 e. The van der Waals surface area contributed by atoms with Crippen LogP contribution in [0.1, 0.15) is 56.8 Å². The summed E-state index contributed by atoms with van der Waals surface area (Å²) in [5.41, 5.74) is 6.69. The van der Waals surface area contributed by atoms with Gasteiger partial charge in [0, 0.05) is 22.7 Å². The molecule has 1 atom stereocenters. The van der Waals surface area contributed by atoms with Crippen LogP contribution in [0.3, 0.4) is 0 Å². The lowest BCUT2D eigenvalue weighted by atomic mass is 9.93. The monoisotopic (exact) mass is 593 g/mol. The molecule has 2 N–H and O–H groups in total. The van der Waals surface area contributed by atoms with E-state index in [1.54, 1.807) is 11.0 Å². The molecule has 1 unspecified atom stereocenters. The highest BCUT2D eigenvalue weighted by Crippen LogP contribution is 2.47. The second-order valence-corrected chi connectivity index (χ2v) is 11.1. The van der Waals surface area contributed by atoms with Crippen LogP contribution in [0.25, 0.3) is 11.3 Å². The SMILES string of the molecule is CCOc1cc(C2c3c(-c4c(C)cc(C)cc4O)n[nH]c3C(=O)N2Cc2ccccc2Cl)ccc1OCc1ccccc1. The van der Waals surface area contributed by atoms with Gasteiger partial charge in [0.2, 0.25) is 0 Å². The number of hydrogen-bond acceptors (Lipinski definition) is 5. The van der Waals surface area contributed by atoms with E-state index in [9.17, 15) is 9.90 Å². The number of fused-ring (bicyclic) bond motifs is 1. The molecule has 0 saturated heterocycles. The first-order chi connectivity index (χ1) is 20.9. The van der Waals surface area contributed by atoms with Crippen molar-refractivity contribution >= 4 is 17.5 Å². The Hall–Kier alpha value is -4.75. The number of aromatic amines is 1. The molecule has 0 bridgehead atoms. The molecule has 0 radical (unpaired) electrons. The summed E-state index contributed by atoms with van der Waals surface area (Å²) in [6.45, 7) is 6.90. The molecule has 0 spiro atoms. The molecule has 2 heterocycles. The van der Waals surface area contributed by atoms with Crippen molar-refractivity contribution in [1.82, 2.24) is 15.1 Å². The van der Waals surface area contributed by atoms with E-state index in [0.29, 0.717) is 52.3 Å². The third kappa shape index (κ3) is 5.44. The van der Waals surface area contributed by atoms with E-state index in [4.69, 9.17) is 21.1 Å². The quantitative estimate of drug-likeness (QED) is 0.182. The zero-order valence-electron chi connectivity index (χ0n) is 24.2. The fourth-order valence-electron chi connectivity index (χ4n) is 5.78. The van der Waals surface area contributed by atoms with Crippen LogP contribution in [0.2, 0.25) is 5.02 Å². The predicted octanol–water partition coefficient (Wildman–Crippen LogP) is 7.78. The zero-order valence-corrected chi connectivity index (χ0v) is 25.0. The number of ether oxygens (including phenoxy) is 2. The number of nitrogens with one attached hydrogen (secondary N) is 1. The Kier molecular flexibility index (Phi) is 7.82. The lowest BCUT2D eigenvalue weighted by Gasteiger charge is -2.27. The molecular weight excluding hydrogens is 562 g/mol. The summed E-state index contributed by atoms with van der Waals surface area (Å²) in [5.74, 6) is 1.09. The average molecular weight is 594 g/mol. The molecule has 7 nitrogen and oxygen atoms in total. The number of aryl methyl sites for hydroxylation is 2. The number of phenols is 1. The maximum Gasteiger partial charge on any atom is 0.273 e. The predicted molar refractivity (Wildman–Crippen MR) is 167 cm³/mol. The number of halogens is 1. The zero-order chi connectivity index (χ0) is 30.1. The molecule has 1 aromatic heterocycles. The van der Waals surface area contributed by atoms with Gasteiger partial charge in [-0.1, -0.05) is 72.3 Å². The molecule has 1 aliphatic heterocycles. The summed E-state index contributed by atoms with van der Waals surface area (Å²) in [5, 5.41) is 19.2. The molecule has 218 valence electrons. The Morgan fingerprint density at radius 3 is 2.47 bits per heavy atom. The number of carbonyl (C=O) groups excluding carboxylic acids is 1. The number of H-pyrrole nitrogens is 1. The lowest BCUT2D eigenvalue weighted by molar-refractivity contribution is 0.0730. The first-order valence-electron chi connectivity index (χ1n) is 14.2. The van der Waals surface area contributed by atoms with Gasteiger partial charge in [0.15, 0.2) is 11.5 Å². The minimum atomic E-state index is -0.532. The van der Waals surface area contributed by atoms with Crippen LogP contribution < -0.4 is 9.47 Å². The molecule has 6 rings (SSSR count). The molecular formula is C35H32ClN3O4. The number of aromatic nitrogens is 2. The average Bonchev–Trinajstić information content (AvgIpc) is 3.52. The Bertz CT molecular complexity index is 1780. The number of benzene rings is 4. The third-order valence-electron chi connectivity index (χ3n) is 7.68. The molecule has 4 aromatic carbocycles. The standard InChI is InChI=1S/C35H32ClN3O4/c1-4-42-29-18-24(14-15-28(29)43-20-23-10-6-5-7-11-23)34-31-32(30-22(3)16-21(2)17-27(30)40)37-38-33(31)35(41)39(34)19-25-12-8-9-13-26(25)36/h5-18,34,40H,4,19-20H2,1-3H3,(H,37,38). The van der Waals surface area contributed by atoms with E-state index in [2.05, 4.69) is 10.2 Å². The number of phenolic OH excluding ortho intramolecular Hbond substituents is 1. The molecule has 1 aliphatic rings. The topological polar surface area (TPSA) is 87.7 Å². The summed E-state index contributed by atoms with van der Waals surface area (Å²) in [4.78, 5) is 15.8. The molecule has 0 saturated carbocycles. The van der Waals surface area contributed by atoms with Crippen molar-refractivity contribution in [1.29, 1.82) is 0 Å². The van der Waals surface area contributed by atoms with E-state index in [1.165, 1.54) is 0 Å². The summed E-state index contributed by atoms with van der Waals surface area (Å²) in [7, 11) is 0. The van der Waals surface area contributed by atoms with Gasteiger partial charge in [0.1, 0.15) is 23.7 Å². The van der Waals surface area contributed by atoms with Crippen LogP contribution in [0.4, 0.5) is 0 Å². The van der Waals surface area contributed by atoms with Crippen LogP contribution in [-0.2, 0) is 13.2 Å². The van der Waals surface area contributed by atoms with Gasteiger partial charge in [-0.15, -0.1) is 0 Å². The van der Waals surface area contributed by atoms with E-state index >= 15 is 0 Å². The third-order valence-corrected chi connectivity index (χ3v) is 8.05. The summed E-state index contributed by atoms with van der Waals surface area (Å²) >= 11 is 6.56. The first kappa shape index (κ1) is 28.4. The van der Waals surface area contributed by atoms with Gasteiger partial charge >= 0.3 is 0 Å². The van der Waals surface area contributed by atoms with Gasteiger partial charge in [-0.05, 0) is 72.9 Å². The number of hydrogen-bond donors (Lipinski definition) is 2. The van der Waals surface area contributed by atoms with Crippen LogP contribution in [-0.4, -0.2) is 32.7 Å². The summed E-state index contributed by atoms with van der Waals surface area (Å²) < 4.78 is 12.2. The van der Waals surface area contributed by atoms with Gasteiger partial charge in [-0.3, -0.25) is 9.89 Å². The van der Waals surface area contributed by atoms with E-state index in [-0.39, 0.29) is 18.2 Å². The highest BCUT2D eigenvalue weighted by molar-refractivity contribution is 6.31. The first-order valence-corrected chi connectivity index (χ1v) is 14.6. The molecule has 5 aromatic rings. The highest BCUT2D eigenvalue weighted by atomic mass is 35.5. The Labute approximate surface area is 255 Å². The molecule has 1 amide bonds. The van der Waals surface area contributed by atoms with Crippen molar-refractivity contribution in [2.45, 2.75) is 40.0 Å². The van der Waals surface area contributed by atoms with Crippen LogP contribution in [0.5, 0.6) is 17.2 Å². The van der Waals surface area contributed by atoms with Crippen molar-refractivity contribution in [3.05, 3.63) is 129 Å². The number of rotatable bonds is 9. The molecule has 43 heavy (non-hydrogen) atoms. The Morgan fingerprint density at radius 1 is 0.953 bits per heavy atom. The van der Waals surface area contributed by atoms with Gasteiger partial charge in [-0.25, -0.2) is 0 Å². The maximum absolute atomic E-state index is 14.0. The minimum absolute atomic E-state index is 0.113. The Balaban J connectivity index is 1.47. The summed E-state index contributed by atoms with van der Waals surface area (Å²) in [6, 6.07) is 26.4. The van der Waals surface area contributed by atoms with E-state index in [0.717, 1.165) is 27.8 Å². The molecule has 8 heteroatoms. The molecule has 0 aliphatic carbocycles. The van der Waals surface area contributed by atoms with Crippen molar-refractivity contribution in [2.24, 2.45) is 0 Å². The number of amides is 1. The van der Waals surface area contributed by atoms with Crippen molar-refractivity contribution in [3.8, 4) is 28.5 Å². The van der Waals surface area contributed by atoms with Crippen molar-refractivity contribution < 1.29 is 19.4 Å². The van der Waals surface area contributed by atoms with Crippen LogP contribution in [0.15, 0.2) is 84.9 Å². The normalized spacial score (nSPS) is 14.2. The second-order valence-electron chi connectivity index (χ2n) is 10.7. The van der Waals surface area contributed by atoms with E-state index < -0.39 is 6.04 Å². The van der Waals surface area contributed by atoms with E-state index in [1.807, 2.05) is 99.6 Å². The lowest BCUT2D eigenvalue weighted by Crippen LogP contribution is -2.29. The fraction of sp³-hybridized carbons (Fsp3) is 0.200. The van der Waals surface area contributed by atoms with Crippen LogP contribution in [0, 0.1) is 13.8 Å². The van der Waals surface area contributed by atoms with Crippen molar-refractivity contribution in [2.75, 3.05) is 6.61 Å². The number of aromatic hydroxyl groups is 1. The van der Waals surface area contributed by atoms with Gasteiger partial charge in [0.05, 0.1) is 12.6 Å². The summed E-state index contributed by atoms with van der Waals surface area (Å²) in [6.07, 6.45) is 0. The van der Waals surface area contributed by atoms with Gasteiger partial charge in [0.25, 0.3) is 5.91 Å². The number of carbonyl (C=O) groups is 1. The largest absolute Gasteiger partial charge is 0.507 e. The van der Waals surface area contributed by atoms with Crippen molar-refractivity contribution in [3.63, 3.8) is 0 Å². The molecule has 0 fully saturated rings. The Morgan fingerprint density at radius 2 is 1.72 bits per heavy atom. The van der Waals surface area contributed by atoms with Gasteiger partial charge in [-0.2, -0.15) is 5.10 Å². The van der Waals surface area contributed by atoms with Crippen LogP contribution >= 0.6 is 11.6 Å². The number of nitrogens with zero attached hydrogens (tertiary/aromatic N) is 2. The minimum Gasteiger partial charge on any atom is -0.507 e. The fourth-order valence-corrected chi connectivity index (χ4v) is 5.97. The highest BCUT2D eigenvalue weighted by Gasteiger charge is 2.43. The second kappa shape index (κ2) is 11.9. The maximum atomic E-state index is 14.0.